The molecule has 0 aromatic heterocycles. The van der Waals surface area contributed by atoms with Crippen molar-refractivity contribution in [3.63, 3.8) is 0 Å². The van der Waals surface area contributed by atoms with Gasteiger partial charge < -0.3 is 19.3 Å². The lowest BCUT2D eigenvalue weighted by molar-refractivity contribution is 0.0692. The van der Waals surface area contributed by atoms with Gasteiger partial charge in [0.1, 0.15) is 11.5 Å². The number of rotatable bonds is 10. The molecule has 254 valence electrons. The van der Waals surface area contributed by atoms with E-state index < -0.39 is 11.9 Å². The Hall–Kier alpha value is -6.92. The minimum absolute atomic E-state index is 0.0503. The number of hydrogen-bond acceptors (Lipinski definition) is 6. The molecule has 0 saturated carbocycles. The van der Waals surface area contributed by atoms with Crippen LogP contribution in [0.1, 0.15) is 31.8 Å². The maximum absolute atomic E-state index is 14.3. The molecule has 0 amide bonds. The van der Waals surface area contributed by atoms with Gasteiger partial charge in [0.15, 0.2) is 0 Å². The Labute approximate surface area is 303 Å². The summed E-state index contributed by atoms with van der Waals surface area (Å²) in [6.07, 6.45) is 0. The summed E-state index contributed by atoms with van der Waals surface area (Å²) in [5, 5.41) is 0. The summed E-state index contributed by atoms with van der Waals surface area (Å²) >= 11 is 0. The molecule has 0 atom stereocenters. The third-order valence-electron chi connectivity index (χ3n) is 8.56. The van der Waals surface area contributed by atoms with Gasteiger partial charge in [-0.25, -0.2) is 9.59 Å². The molecule has 52 heavy (non-hydrogen) atoms. The maximum atomic E-state index is 14.3. The molecule has 7 rings (SSSR count). The lowest BCUT2D eigenvalue weighted by atomic mass is 10.0. The van der Waals surface area contributed by atoms with Crippen LogP contribution in [0.2, 0.25) is 0 Å². The molecule has 7 aromatic carbocycles. The van der Waals surface area contributed by atoms with Crippen LogP contribution in [0.25, 0.3) is 0 Å². The molecule has 0 aliphatic heterocycles. The zero-order valence-electron chi connectivity index (χ0n) is 28.8. The minimum atomic E-state index is -0.695. The number of para-hydroxylation sites is 4. The number of carbonyl (C=O) groups is 2. The van der Waals surface area contributed by atoms with Gasteiger partial charge in [0.05, 0.1) is 22.5 Å². The first-order valence-electron chi connectivity index (χ1n) is 17.0. The van der Waals surface area contributed by atoms with E-state index >= 15 is 0 Å². The fourth-order valence-corrected chi connectivity index (χ4v) is 5.97. The molecule has 0 spiro atoms. The quantitative estimate of drug-likeness (QED) is 0.106. The van der Waals surface area contributed by atoms with Gasteiger partial charge in [0.25, 0.3) is 0 Å². The lowest BCUT2D eigenvalue weighted by Gasteiger charge is -2.34. The van der Waals surface area contributed by atoms with Crippen LogP contribution in [0, 0.1) is 13.8 Å². The number of hydrogen-bond donors (Lipinski definition) is 0. The Bertz CT molecular complexity index is 2030. The second-order valence-corrected chi connectivity index (χ2v) is 12.3. The van der Waals surface area contributed by atoms with Crippen LogP contribution < -0.4 is 19.3 Å². The third-order valence-corrected chi connectivity index (χ3v) is 8.56. The van der Waals surface area contributed by atoms with Crippen molar-refractivity contribution in [1.29, 1.82) is 0 Å². The smallest absolute Gasteiger partial charge is 0.344 e. The van der Waals surface area contributed by atoms with Gasteiger partial charge in [0, 0.05) is 22.7 Å². The van der Waals surface area contributed by atoms with E-state index in [1.54, 1.807) is 36.4 Å². The molecule has 6 heteroatoms. The number of nitrogens with zero attached hydrogens (tertiary/aromatic N) is 2. The molecule has 0 bridgehead atoms. The highest BCUT2D eigenvalue weighted by molar-refractivity contribution is 6.08. The standard InChI is InChI=1S/C46H36N2O4/c1-33-23-27-39(28-24-33)51-45(49)41-31-43(47(35-15-7-3-8-16-35)36-17-9-4-10-18-36)44(32-42(41)46(50)52-40-29-25-34(2)26-30-40)48(37-19-11-5-12-20-37)38-21-13-6-14-22-38/h3-32H,1-2H3. The fraction of sp³-hybridized carbons (Fsp3) is 0.0435. The Kier molecular flexibility index (Phi) is 9.89. The second-order valence-electron chi connectivity index (χ2n) is 12.3. The van der Waals surface area contributed by atoms with Crippen LogP contribution in [0.4, 0.5) is 34.1 Å². The topological polar surface area (TPSA) is 59.1 Å². The number of aryl methyl sites for hydroxylation is 2. The largest absolute Gasteiger partial charge is 0.423 e. The average molecular weight is 681 g/mol. The predicted molar refractivity (Wildman–Crippen MR) is 208 cm³/mol. The van der Waals surface area contributed by atoms with Gasteiger partial charge in [0.2, 0.25) is 0 Å². The molecule has 6 nitrogen and oxygen atoms in total. The molecule has 0 aliphatic rings. The number of carbonyl (C=O) groups excluding carboxylic acids is 2. The van der Waals surface area contributed by atoms with Crippen LogP contribution in [0.5, 0.6) is 11.5 Å². The first kappa shape index (κ1) is 33.6. The first-order chi connectivity index (χ1) is 25.4. The second kappa shape index (κ2) is 15.3. The molecular formula is C46H36N2O4. The van der Waals surface area contributed by atoms with Crippen molar-refractivity contribution in [2.45, 2.75) is 13.8 Å². The third kappa shape index (κ3) is 7.47. The van der Waals surface area contributed by atoms with Gasteiger partial charge in [-0.05, 0) is 98.8 Å². The van der Waals surface area contributed by atoms with Crippen molar-refractivity contribution >= 4 is 46.1 Å². The molecule has 0 N–H and O–H groups in total. The van der Waals surface area contributed by atoms with E-state index in [0.29, 0.717) is 22.9 Å². The van der Waals surface area contributed by atoms with Crippen molar-refractivity contribution in [3.05, 3.63) is 204 Å². The SMILES string of the molecule is Cc1ccc(OC(=O)c2cc(N(c3ccccc3)c3ccccc3)c(N(c3ccccc3)c3ccccc3)cc2C(=O)Oc2ccc(C)cc2)cc1. The number of ether oxygens (including phenoxy) is 2. The van der Waals surface area contributed by atoms with Crippen molar-refractivity contribution in [2.75, 3.05) is 9.80 Å². The monoisotopic (exact) mass is 680 g/mol. The normalized spacial score (nSPS) is 10.7. The maximum Gasteiger partial charge on any atom is 0.344 e. The van der Waals surface area contributed by atoms with Gasteiger partial charge in [-0.15, -0.1) is 0 Å². The highest BCUT2D eigenvalue weighted by Crippen LogP contribution is 2.47. The van der Waals surface area contributed by atoms with Crippen LogP contribution in [-0.4, -0.2) is 11.9 Å². The molecule has 0 saturated heterocycles. The fourth-order valence-electron chi connectivity index (χ4n) is 5.97. The van der Waals surface area contributed by atoms with Gasteiger partial charge in [-0.2, -0.15) is 0 Å². The van der Waals surface area contributed by atoms with Crippen molar-refractivity contribution < 1.29 is 19.1 Å². The lowest BCUT2D eigenvalue weighted by Crippen LogP contribution is -2.22. The molecule has 0 radical (unpaired) electrons. The molecule has 0 unspecified atom stereocenters. The van der Waals surface area contributed by atoms with E-state index in [0.717, 1.165) is 33.9 Å². The Morgan fingerprint density at radius 3 is 0.923 bits per heavy atom. The molecule has 0 heterocycles. The van der Waals surface area contributed by atoms with Crippen LogP contribution in [0.15, 0.2) is 182 Å². The first-order valence-corrected chi connectivity index (χ1v) is 17.0. The summed E-state index contributed by atoms with van der Waals surface area (Å²) < 4.78 is 11.9. The Balaban J connectivity index is 1.52. The van der Waals surface area contributed by atoms with E-state index in [9.17, 15) is 9.59 Å². The van der Waals surface area contributed by atoms with Crippen LogP contribution >= 0.6 is 0 Å². The number of anilines is 6. The summed E-state index contributed by atoms with van der Waals surface area (Å²) in [6, 6.07) is 57.6. The average Bonchev–Trinajstić information content (AvgIpc) is 3.19. The molecular weight excluding hydrogens is 645 g/mol. The zero-order chi connectivity index (χ0) is 35.9. The zero-order valence-corrected chi connectivity index (χ0v) is 28.8. The molecule has 0 aliphatic carbocycles. The van der Waals surface area contributed by atoms with Crippen LogP contribution in [0.3, 0.4) is 0 Å². The Morgan fingerprint density at radius 2 is 0.654 bits per heavy atom. The summed E-state index contributed by atoms with van der Waals surface area (Å²) in [6.45, 7) is 3.92. The van der Waals surface area contributed by atoms with Crippen LogP contribution in [-0.2, 0) is 0 Å². The van der Waals surface area contributed by atoms with Crippen molar-refractivity contribution in [2.24, 2.45) is 0 Å². The summed E-state index contributed by atoms with van der Waals surface area (Å²) in [7, 11) is 0. The summed E-state index contributed by atoms with van der Waals surface area (Å²) in [4.78, 5) is 32.8. The Morgan fingerprint density at radius 1 is 0.385 bits per heavy atom. The minimum Gasteiger partial charge on any atom is -0.423 e. The summed E-state index contributed by atoms with van der Waals surface area (Å²) in [5.41, 5.74) is 6.82. The van der Waals surface area contributed by atoms with E-state index in [1.807, 2.05) is 159 Å². The highest BCUT2D eigenvalue weighted by Gasteiger charge is 2.30. The molecule has 7 aromatic rings. The van der Waals surface area contributed by atoms with Gasteiger partial charge >= 0.3 is 11.9 Å². The van der Waals surface area contributed by atoms with Crippen molar-refractivity contribution in [1.82, 2.24) is 0 Å². The number of esters is 2. The van der Waals surface area contributed by atoms with Gasteiger partial charge in [-0.3, -0.25) is 0 Å². The van der Waals surface area contributed by atoms with E-state index in [1.165, 1.54) is 0 Å². The predicted octanol–water partition coefficient (Wildman–Crippen LogP) is 11.7. The van der Waals surface area contributed by atoms with Crippen molar-refractivity contribution in [3.8, 4) is 11.5 Å². The molecule has 0 fully saturated rings. The van der Waals surface area contributed by atoms with E-state index in [4.69, 9.17) is 9.47 Å². The van der Waals surface area contributed by atoms with Gasteiger partial charge in [-0.1, -0.05) is 108 Å². The van der Waals surface area contributed by atoms with E-state index in [-0.39, 0.29) is 11.1 Å². The van der Waals surface area contributed by atoms with E-state index in [2.05, 4.69) is 9.80 Å². The number of benzene rings is 7. The summed E-state index contributed by atoms with van der Waals surface area (Å²) in [5.74, 6) is -0.673. The highest BCUT2D eigenvalue weighted by atomic mass is 16.5.